The molecule has 2 atom stereocenters. The van der Waals surface area contributed by atoms with Crippen molar-refractivity contribution in [2.75, 3.05) is 23.7 Å². The monoisotopic (exact) mass is 533 g/mol. The Morgan fingerprint density at radius 2 is 2.00 bits per heavy atom. The highest BCUT2D eigenvalue weighted by atomic mass is 35.5. The van der Waals surface area contributed by atoms with Crippen molar-refractivity contribution in [1.82, 2.24) is 29.9 Å². The van der Waals surface area contributed by atoms with Crippen LogP contribution >= 0.6 is 23.4 Å². The van der Waals surface area contributed by atoms with E-state index in [1.165, 1.54) is 11.8 Å². The molecule has 13 heteroatoms. The molecule has 3 aromatic heterocycles. The number of hydrogen-bond donors (Lipinski definition) is 2. The maximum atomic E-state index is 12.2. The summed E-state index contributed by atoms with van der Waals surface area (Å²) in [7, 11) is -1.41. The summed E-state index contributed by atoms with van der Waals surface area (Å²) in [6.45, 7) is 6.48. The molecule has 0 saturated carbocycles. The first kappa shape index (κ1) is 24.4. The third-order valence-corrected chi connectivity index (χ3v) is 9.99. The van der Waals surface area contributed by atoms with E-state index in [0.29, 0.717) is 10.8 Å². The van der Waals surface area contributed by atoms with E-state index < -0.39 is 15.7 Å². The predicted octanol–water partition coefficient (Wildman–Crippen LogP) is 3.03. The van der Waals surface area contributed by atoms with E-state index in [-0.39, 0.29) is 11.3 Å². The van der Waals surface area contributed by atoms with E-state index in [1.807, 2.05) is 30.8 Å². The van der Waals surface area contributed by atoms with Gasteiger partial charge in [-0.3, -0.25) is 5.14 Å². The fraction of sp³-hybridized carbons (Fsp3) is 0.500. The Balaban J connectivity index is 1.28. The van der Waals surface area contributed by atoms with Crippen molar-refractivity contribution in [3.8, 4) is 0 Å². The number of nitrogens with two attached hydrogens (primary N) is 2. The van der Waals surface area contributed by atoms with Gasteiger partial charge < -0.3 is 10.6 Å². The summed E-state index contributed by atoms with van der Waals surface area (Å²) in [5, 5.41) is 15.4. The number of fused-ring (bicyclic) bond motifs is 1. The molecule has 10 nitrogen and oxygen atoms in total. The second kappa shape index (κ2) is 9.30. The van der Waals surface area contributed by atoms with E-state index in [0.717, 1.165) is 60.3 Å². The number of pyridine rings is 1. The molecule has 186 valence electrons. The van der Waals surface area contributed by atoms with Crippen LogP contribution in [-0.2, 0) is 17.5 Å². The van der Waals surface area contributed by atoms with Gasteiger partial charge in [0.15, 0.2) is 0 Å². The fourth-order valence-electron chi connectivity index (χ4n) is 5.12. The van der Waals surface area contributed by atoms with Gasteiger partial charge >= 0.3 is 0 Å². The Bertz CT molecular complexity index is 1240. The largest absolute Gasteiger partial charge is 0.382 e. The molecule has 35 heavy (non-hydrogen) atoms. The molecule has 1 spiro atoms. The molecule has 0 amide bonds. The molecular weight excluding hydrogens is 506 g/mol. The van der Waals surface area contributed by atoms with Crippen molar-refractivity contribution in [2.24, 2.45) is 10.6 Å². The van der Waals surface area contributed by atoms with Gasteiger partial charge in [-0.1, -0.05) is 28.6 Å². The molecule has 0 radical (unpaired) electrons. The molecule has 0 aliphatic carbocycles. The Hall–Kier alpha value is -2.28. The minimum atomic E-state index is -1.41. The predicted molar refractivity (Wildman–Crippen MR) is 137 cm³/mol. The van der Waals surface area contributed by atoms with Gasteiger partial charge in [0.2, 0.25) is 0 Å². The van der Waals surface area contributed by atoms with E-state index >= 15 is 0 Å². The van der Waals surface area contributed by atoms with E-state index in [2.05, 4.69) is 30.2 Å². The average Bonchev–Trinajstić information content (AvgIpc) is 3.38. The topological polar surface area (TPSA) is 142 Å². The third-order valence-electron chi connectivity index (χ3n) is 7.24. The molecule has 2 aliphatic heterocycles. The lowest BCUT2D eigenvalue weighted by molar-refractivity contribution is 0.155. The number of rotatable bonds is 6. The van der Waals surface area contributed by atoms with Crippen molar-refractivity contribution >= 4 is 46.0 Å². The molecule has 5 rings (SSSR count). The van der Waals surface area contributed by atoms with E-state index in [4.69, 9.17) is 22.5 Å². The summed E-state index contributed by atoms with van der Waals surface area (Å²) >= 11 is 7.66. The van der Waals surface area contributed by atoms with Gasteiger partial charge in [0.05, 0.1) is 45.0 Å². The molecule has 0 aromatic carbocycles. The molecule has 1 fully saturated rings. The van der Waals surface area contributed by atoms with Crippen LogP contribution in [-0.4, -0.2) is 52.0 Å². The smallest absolute Gasteiger partial charge is 0.147 e. The van der Waals surface area contributed by atoms with Crippen LogP contribution in [0.4, 0.5) is 11.6 Å². The lowest BCUT2D eigenvalue weighted by Gasteiger charge is -2.44. The maximum Gasteiger partial charge on any atom is 0.147 e. The minimum Gasteiger partial charge on any atom is -0.382 e. The van der Waals surface area contributed by atoms with Crippen molar-refractivity contribution in [2.45, 2.75) is 60.2 Å². The van der Waals surface area contributed by atoms with E-state index in [1.54, 1.807) is 18.6 Å². The average molecular weight is 534 g/mol. The normalized spacial score (nSPS) is 20.2. The van der Waals surface area contributed by atoms with Crippen LogP contribution in [0.15, 0.2) is 40.8 Å². The fourth-order valence-corrected chi connectivity index (χ4v) is 6.44. The Morgan fingerprint density at radius 1 is 1.23 bits per heavy atom. The van der Waals surface area contributed by atoms with E-state index in [9.17, 15) is 4.21 Å². The van der Waals surface area contributed by atoms with Gasteiger partial charge in [0.25, 0.3) is 0 Å². The molecule has 4 N–H and O–H groups in total. The van der Waals surface area contributed by atoms with Crippen molar-refractivity contribution in [3.05, 3.63) is 41.6 Å². The van der Waals surface area contributed by atoms with Crippen LogP contribution in [0.25, 0.3) is 0 Å². The lowest BCUT2D eigenvalue weighted by Crippen LogP contribution is -2.45. The summed E-state index contributed by atoms with van der Waals surface area (Å²) in [6, 6.07) is 1.81. The molecule has 3 aromatic rings. The maximum absolute atomic E-state index is 12.2. The van der Waals surface area contributed by atoms with Crippen LogP contribution in [0, 0.1) is 5.41 Å². The summed E-state index contributed by atoms with van der Waals surface area (Å²) < 4.78 is 13.7. The molecule has 2 aliphatic rings. The van der Waals surface area contributed by atoms with Crippen LogP contribution < -0.4 is 15.8 Å². The second-order valence-electron chi connectivity index (χ2n) is 9.80. The van der Waals surface area contributed by atoms with Crippen LogP contribution in [0.2, 0.25) is 5.02 Å². The number of halogens is 1. The van der Waals surface area contributed by atoms with Gasteiger partial charge in [0, 0.05) is 42.1 Å². The summed E-state index contributed by atoms with van der Waals surface area (Å²) in [5.74, 6) is 1.36. The number of aromatic nitrogens is 6. The SMILES string of the molecule is CC(C)(C[C@@H]1c2cnnn2CC12CCN(c1cnc(Sc3ccnc(N)c3Cl)cn1)CC2)S(N)=O. The Kier molecular flexibility index (Phi) is 6.49. The third kappa shape index (κ3) is 4.64. The van der Waals surface area contributed by atoms with Crippen molar-refractivity contribution in [3.63, 3.8) is 0 Å². The van der Waals surface area contributed by atoms with Gasteiger partial charge in [-0.05, 0) is 39.2 Å². The molecule has 0 bridgehead atoms. The Morgan fingerprint density at radius 3 is 2.69 bits per heavy atom. The van der Waals surface area contributed by atoms with Gasteiger partial charge in [-0.25, -0.2) is 23.8 Å². The van der Waals surface area contributed by atoms with Crippen molar-refractivity contribution < 1.29 is 4.21 Å². The van der Waals surface area contributed by atoms with Gasteiger partial charge in [0.1, 0.15) is 16.7 Å². The summed E-state index contributed by atoms with van der Waals surface area (Å²) in [6.07, 6.45) is 9.72. The van der Waals surface area contributed by atoms with Crippen LogP contribution in [0.3, 0.4) is 0 Å². The number of nitrogens with zero attached hydrogens (tertiary/aromatic N) is 7. The quantitative estimate of drug-likeness (QED) is 0.488. The first-order chi connectivity index (χ1) is 16.7. The van der Waals surface area contributed by atoms with Gasteiger partial charge in [-0.15, -0.1) is 5.10 Å². The first-order valence-corrected chi connectivity index (χ1v) is 13.8. The molecule has 5 heterocycles. The Labute approximate surface area is 215 Å². The lowest BCUT2D eigenvalue weighted by atomic mass is 9.67. The standard InChI is InChI=1S/C22H28ClN9OS2/c1-21(2,35(25)33)9-14-15-10-29-30-32(15)13-22(14)4-7-31(8-5-22)17-11-28-18(12-27-17)34-16-3-6-26-20(24)19(16)23/h3,6,10-12,14H,4-5,7-9,13,25H2,1-2H3,(H2,24,26)/t14-,35?/m1/s1. The second-order valence-corrected chi connectivity index (χ2v) is 12.9. The molecular formula is C22H28ClN9OS2. The highest BCUT2D eigenvalue weighted by Crippen LogP contribution is 2.53. The number of nitrogen functional groups attached to an aromatic ring is 1. The number of hydrogen-bond acceptors (Lipinski definition) is 9. The number of anilines is 2. The number of piperidine rings is 1. The van der Waals surface area contributed by atoms with Crippen LogP contribution in [0.1, 0.15) is 44.7 Å². The molecule has 1 unspecified atom stereocenters. The van der Waals surface area contributed by atoms with Crippen LogP contribution in [0.5, 0.6) is 0 Å². The molecule has 1 saturated heterocycles. The zero-order chi connectivity index (χ0) is 24.8. The minimum absolute atomic E-state index is 0.0413. The summed E-state index contributed by atoms with van der Waals surface area (Å²) in [5.41, 5.74) is 6.96. The zero-order valence-electron chi connectivity index (χ0n) is 19.6. The summed E-state index contributed by atoms with van der Waals surface area (Å²) in [4.78, 5) is 16.3. The highest BCUT2D eigenvalue weighted by molar-refractivity contribution is 7.99. The first-order valence-electron chi connectivity index (χ1n) is 11.4. The van der Waals surface area contributed by atoms with Gasteiger partial charge in [-0.2, -0.15) is 0 Å². The zero-order valence-corrected chi connectivity index (χ0v) is 22.0. The van der Waals surface area contributed by atoms with Crippen molar-refractivity contribution in [1.29, 1.82) is 0 Å². The highest BCUT2D eigenvalue weighted by Gasteiger charge is 2.51.